The molecule has 0 atom stereocenters. The first-order valence-corrected chi connectivity index (χ1v) is 19.7. The number of fused-ring (bicyclic) bond motifs is 18. The number of nitrogens with zero attached hydrogens (tertiary/aromatic N) is 2. The topological polar surface area (TPSA) is 8.82 Å². The minimum absolute atomic E-state index is 0.219. The molecule has 0 N–H and O–H groups in total. The third-order valence-corrected chi connectivity index (χ3v) is 16.2. The Hall–Kier alpha value is -4.76. The van der Waals surface area contributed by atoms with Gasteiger partial charge in [0.05, 0.1) is 0 Å². The standard InChI is InChI=1S/C42H21BN2Se2/c1-5-14-30-22(10-1)26-20-28-41(36-24-12-3-7-16-32(24)44(30)39(26)36)46-34-18-9-19-35-38(34)43(28)29-21-27-23-11-2-6-15-31(23)45-33-17-8-4-13-25(33)37(40(27)45)42(29)47-35/h1-21H. The molecule has 2 nitrogen and oxygen atoms in total. The van der Waals surface area contributed by atoms with E-state index in [9.17, 15) is 0 Å². The normalized spacial score (nSPS) is 14.2. The summed E-state index contributed by atoms with van der Waals surface area (Å²) in [4.78, 5) is 0. The van der Waals surface area contributed by atoms with Gasteiger partial charge < -0.3 is 0 Å². The molecule has 6 heterocycles. The summed E-state index contributed by atoms with van der Waals surface area (Å²) in [6.07, 6.45) is 0. The average molecular weight is 722 g/mol. The zero-order chi connectivity index (χ0) is 30.1. The second kappa shape index (κ2) is 8.20. The van der Waals surface area contributed by atoms with E-state index < -0.39 is 0 Å². The van der Waals surface area contributed by atoms with E-state index in [2.05, 4.69) is 136 Å². The molecule has 7 aromatic carbocycles. The number of hydrogen-bond donors (Lipinski definition) is 0. The maximum atomic E-state index is 2.62. The van der Waals surface area contributed by atoms with Gasteiger partial charge in [-0.3, -0.25) is 0 Å². The summed E-state index contributed by atoms with van der Waals surface area (Å²) in [5, 5.41) is 11.2. The molecule has 13 rings (SSSR count). The quantitative estimate of drug-likeness (QED) is 0.205. The Kier molecular flexibility index (Phi) is 4.26. The zero-order valence-electron chi connectivity index (χ0n) is 24.9. The van der Waals surface area contributed by atoms with Crippen LogP contribution < -0.4 is 34.2 Å². The van der Waals surface area contributed by atoms with Crippen LogP contribution in [-0.2, 0) is 0 Å². The van der Waals surface area contributed by atoms with E-state index in [0.717, 1.165) is 0 Å². The Balaban J connectivity index is 1.26. The molecule has 0 spiro atoms. The van der Waals surface area contributed by atoms with Crippen LogP contribution in [0.15, 0.2) is 127 Å². The second-order valence-electron chi connectivity index (χ2n) is 13.2. The molecule has 0 saturated carbocycles. The molecule has 2 aliphatic rings. The van der Waals surface area contributed by atoms with Gasteiger partial charge in [0.1, 0.15) is 0 Å². The van der Waals surface area contributed by atoms with Gasteiger partial charge in [0.2, 0.25) is 0 Å². The van der Waals surface area contributed by atoms with Crippen LogP contribution in [0.5, 0.6) is 0 Å². The number of benzene rings is 7. The van der Waals surface area contributed by atoms with E-state index in [-0.39, 0.29) is 36.6 Å². The van der Waals surface area contributed by atoms with Gasteiger partial charge in [-0.15, -0.1) is 0 Å². The average Bonchev–Trinajstić information content (AvgIpc) is 3.84. The molecule has 5 heteroatoms. The second-order valence-corrected chi connectivity index (χ2v) is 17.6. The van der Waals surface area contributed by atoms with Crippen LogP contribution in [0.25, 0.3) is 76.2 Å². The molecule has 47 heavy (non-hydrogen) atoms. The van der Waals surface area contributed by atoms with Crippen molar-refractivity contribution in [2.75, 3.05) is 0 Å². The summed E-state index contributed by atoms with van der Waals surface area (Å²) < 4.78 is 11.4. The third kappa shape index (κ3) is 2.70. The van der Waals surface area contributed by atoms with Gasteiger partial charge in [-0.25, -0.2) is 0 Å². The first-order chi connectivity index (χ1) is 23.3. The van der Waals surface area contributed by atoms with Crippen LogP contribution >= 0.6 is 0 Å². The predicted octanol–water partition coefficient (Wildman–Crippen LogP) is 4.44. The minimum atomic E-state index is 0.219. The van der Waals surface area contributed by atoms with Crippen LogP contribution in [0.4, 0.5) is 0 Å². The van der Waals surface area contributed by atoms with Gasteiger partial charge in [0.15, 0.2) is 0 Å². The number of para-hydroxylation sites is 4. The van der Waals surface area contributed by atoms with Gasteiger partial charge in [-0.05, 0) is 0 Å². The van der Waals surface area contributed by atoms with Crippen molar-refractivity contribution in [3.8, 4) is 0 Å². The Morgan fingerprint density at radius 2 is 0.809 bits per heavy atom. The van der Waals surface area contributed by atoms with Crippen molar-refractivity contribution >= 4 is 147 Å². The molecule has 0 aliphatic carbocycles. The van der Waals surface area contributed by atoms with Gasteiger partial charge in [0.25, 0.3) is 0 Å². The van der Waals surface area contributed by atoms with Crippen molar-refractivity contribution in [1.29, 1.82) is 0 Å². The van der Waals surface area contributed by atoms with E-state index >= 15 is 0 Å². The SMILES string of the molecule is c1cc2c3c(c1)[Se]c1c(cc4c5ccccc5n5c6ccccc6c1c45)B3c1cc3c4ccccc4n4c5ccccc5c(c1[Se]2)c34. The molecule has 214 valence electrons. The van der Waals surface area contributed by atoms with Crippen molar-refractivity contribution in [1.82, 2.24) is 8.80 Å². The molecule has 0 bridgehead atoms. The zero-order valence-corrected chi connectivity index (χ0v) is 28.3. The molecule has 0 fully saturated rings. The van der Waals surface area contributed by atoms with E-state index in [1.54, 1.807) is 23.3 Å². The molecule has 4 aromatic heterocycles. The van der Waals surface area contributed by atoms with E-state index in [1.807, 2.05) is 0 Å². The van der Waals surface area contributed by atoms with Gasteiger partial charge in [-0.2, -0.15) is 0 Å². The van der Waals surface area contributed by atoms with Gasteiger partial charge in [0, 0.05) is 0 Å². The molecule has 11 aromatic rings. The van der Waals surface area contributed by atoms with Crippen LogP contribution in [0, 0.1) is 0 Å². The first-order valence-electron chi connectivity index (χ1n) is 16.2. The Labute approximate surface area is 281 Å². The summed E-state index contributed by atoms with van der Waals surface area (Å²) in [6.45, 7) is 0.225. The molecule has 2 aliphatic heterocycles. The fraction of sp³-hybridized carbons (Fsp3) is 0. The van der Waals surface area contributed by atoms with E-state index in [4.69, 9.17) is 0 Å². The molecule has 0 radical (unpaired) electrons. The summed E-state index contributed by atoms with van der Waals surface area (Å²) in [6, 6.07) is 48.8. The van der Waals surface area contributed by atoms with E-state index in [1.165, 1.54) is 87.1 Å². The molecular weight excluding hydrogens is 701 g/mol. The van der Waals surface area contributed by atoms with Crippen molar-refractivity contribution in [2.45, 2.75) is 0 Å². The van der Waals surface area contributed by atoms with E-state index in [0.29, 0.717) is 0 Å². The summed E-state index contributed by atoms with van der Waals surface area (Å²) in [7, 11) is 0. The molecule has 0 saturated heterocycles. The number of rotatable bonds is 0. The fourth-order valence-corrected chi connectivity index (χ4v) is 15.2. The predicted molar refractivity (Wildman–Crippen MR) is 203 cm³/mol. The number of hydrogen-bond acceptors (Lipinski definition) is 0. The first kappa shape index (κ1) is 24.4. The van der Waals surface area contributed by atoms with Gasteiger partial charge in [-0.1, -0.05) is 0 Å². The van der Waals surface area contributed by atoms with Crippen LogP contribution in [0.1, 0.15) is 0 Å². The van der Waals surface area contributed by atoms with Crippen LogP contribution in [-0.4, -0.2) is 45.4 Å². The maximum absolute atomic E-state index is 2.62. The summed E-state index contributed by atoms with van der Waals surface area (Å²) in [5.41, 5.74) is 12.7. The number of aromatic nitrogens is 2. The Bertz CT molecular complexity index is 2990. The Morgan fingerprint density at radius 1 is 0.404 bits per heavy atom. The van der Waals surface area contributed by atoms with Crippen LogP contribution in [0.2, 0.25) is 0 Å². The van der Waals surface area contributed by atoms with Gasteiger partial charge >= 0.3 is 283 Å². The van der Waals surface area contributed by atoms with Crippen molar-refractivity contribution < 1.29 is 0 Å². The monoisotopic (exact) mass is 724 g/mol. The third-order valence-electron chi connectivity index (χ3n) is 11.1. The van der Waals surface area contributed by atoms with Crippen molar-refractivity contribution in [3.05, 3.63) is 127 Å². The summed E-state index contributed by atoms with van der Waals surface area (Å²) >= 11 is 0.438. The molecule has 0 amide bonds. The molecular formula is C42H21BN2Se2. The van der Waals surface area contributed by atoms with Crippen molar-refractivity contribution in [2.24, 2.45) is 0 Å². The van der Waals surface area contributed by atoms with Crippen LogP contribution in [0.3, 0.4) is 0 Å². The molecule has 0 unspecified atom stereocenters. The Morgan fingerprint density at radius 3 is 1.28 bits per heavy atom. The van der Waals surface area contributed by atoms with Crippen molar-refractivity contribution in [3.63, 3.8) is 0 Å². The fourth-order valence-electron chi connectivity index (χ4n) is 9.35. The summed E-state index contributed by atoms with van der Waals surface area (Å²) in [5.74, 6) is 0.